The van der Waals surface area contributed by atoms with Crippen molar-refractivity contribution in [2.24, 2.45) is 5.92 Å². The first-order valence-electron chi connectivity index (χ1n) is 7.10. The molecule has 1 aliphatic carbocycles. The van der Waals surface area contributed by atoms with Crippen LogP contribution in [0.4, 0.5) is 0 Å². The summed E-state index contributed by atoms with van der Waals surface area (Å²) in [6.07, 6.45) is 4.98. The normalized spacial score (nSPS) is 17.4. The largest absolute Gasteiger partial charge is 0.308 e. The Morgan fingerprint density at radius 1 is 1.41 bits per heavy atom. The molecule has 17 heavy (non-hydrogen) atoms. The second-order valence-corrected chi connectivity index (χ2v) is 5.00. The summed E-state index contributed by atoms with van der Waals surface area (Å²) in [5.74, 6) is 0.841. The predicted octanol–water partition coefficient (Wildman–Crippen LogP) is 2.92. The van der Waals surface area contributed by atoms with Gasteiger partial charge in [0.05, 0.1) is 17.4 Å². The number of nitrogens with zero attached hydrogens (tertiary/aromatic N) is 2. The van der Waals surface area contributed by atoms with Crippen molar-refractivity contribution in [3.8, 4) is 0 Å². The molecule has 1 heterocycles. The molecule has 1 N–H and O–H groups in total. The summed E-state index contributed by atoms with van der Waals surface area (Å²) in [6.45, 7) is 8.67. The Kier molecular flexibility index (Phi) is 4.21. The molecule has 0 spiro atoms. The maximum Gasteiger partial charge on any atom is 0.0625 e. The molecule has 0 radical (unpaired) electrons. The molecule has 1 fully saturated rings. The number of hydrogen-bond acceptors (Lipinski definition) is 2. The molecule has 1 aromatic rings. The van der Waals surface area contributed by atoms with Crippen molar-refractivity contribution in [3.05, 3.63) is 17.5 Å². The van der Waals surface area contributed by atoms with Crippen LogP contribution >= 0.6 is 0 Å². The summed E-state index contributed by atoms with van der Waals surface area (Å²) in [7, 11) is 0. The minimum absolute atomic E-state index is 0.530. The van der Waals surface area contributed by atoms with Gasteiger partial charge in [-0.2, -0.15) is 5.10 Å². The predicted molar refractivity (Wildman–Crippen MR) is 71.0 cm³/mol. The molecular formula is C14H25N3. The standard InChI is InChI=1S/C14H25N3/c1-4-9-15-14(11-7-8-11)13-10-12(5-2)16-17(13)6-3/h10-11,14-15H,4-9H2,1-3H3. The quantitative estimate of drug-likeness (QED) is 0.787. The van der Waals surface area contributed by atoms with Crippen LogP contribution in [0.1, 0.15) is 57.5 Å². The van der Waals surface area contributed by atoms with Crippen LogP contribution in [0, 0.1) is 5.92 Å². The molecule has 1 atom stereocenters. The summed E-state index contributed by atoms with van der Waals surface area (Å²) in [5, 5.41) is 8.36. The Labute approximate surface area is 105 Å². The van der Waals surface area contributed by atoms with E-state index in [1.54, 1.807) is 0 Å². The first kappa shape index (κ1) is 12.6. The Hall–Kier alpha value is -0.830. The molecule has 0 saturated heterocycles. The number of aromatic nitrogens is 2. The number of rotatable bonds is 7. The van der Waals surface area contributed by atoms with Crippen molar-refractivity contribution in [1.29, 1.82) is 0 Å². The molecule has 0 bridgehead atoms. The van der Waals surface area contributed by atoms with Gasteiger partial charge in [-0.3, -0.25) is 4.68 Å². The van der Waals surface area contributed by atoms with Gasteiger partial charge in [-0.15, -0.1) is 0 Å². The lowest BCUT2D eigenvalue weighted by Gasteiger charge is -2.19. The van der Waals surface area contributed by atoms with Gasteiger partial charge >= 0.3 is 0 Å². The van der Waals surface area contributed by atoms with Crippen LogP contribution in [0.5, 0.6) is 0 Å². The molecule has 1 unspecified atom stereocenters. The fourth-order valence-corrected chi connectivity index (χ4v) is 2.41. The van der Waals surface area contributed by atoms with Crippen molar-refractivity contribution >= 4 is 0 Å². The van der Waals surface area contributed by atoms with E-state index in [9.17, 15) is 0 Å². The highest BCUT2D eigenvalue weighted by Gasteiger charge is 2.33. The van der Waals surface area contributed by atoms with Crippen LogP contribution in [0.2, 0.25) is 0 Å². The van der Waals surface area contributed by atoms with Crippen molar-refractivity contribution < 1.29 is 0 Å². The lowest BCUT2D eigenvalue weighted by Crippen LogP contribution is -2.26. The molecule has 0 aliphatic heterocycles. The van der Waals surface area contributed by atoms with E-state index in [0.717, 1.165) is 25.4 Å². The third kappa shape index (κ3) is 2.89. The zero-order valence-corrected chi connectivity index (χ0v) is 11.4. The van der Waals surface area contributed by atoms with Crippen molar-refractivity contribution in [3.63, 3.8) is 0 Å². The van der Waals surface area contributed by atoms with Crippen LogP contribution in [0.25, 0.3) is 0 Å². The molecule has 96 valence electrons. The van der Waals surface area contributed by atoms with E-state index in [1.165, 1.54) is 30.7 Å². The van der Waals surface area contributed by atoms with E-state index in [0.29, 0.717) is 6.04 Å². The lowest BCUT2D eigenvalue weighted by atomic mass is 10.1. The Morgan fingerprint density at radius 3 is 2.71 bits per heavy atom. The highest BCUT2D eigenvalue weighted by Crippen LogP contribution is 2.41. The molecule has 3 nitrogen and oxygen atoms in total. The lowest BCUT2D eigenvalue weighted by molar-refractivity contribution is 0.440. The number of hydrogen-bond donors (Lipinski definition) is 1. The van der Waals surface area contributed by atoms with Gasteiger partial charge < -0.3 is 5.32 Å². The van der Waals surface area contributed by atoms with E-state index in [1.807, 2.05) is 0 Å². The minimum Gasteiger partial charge on any atom is -0.308 e. The summed E-state index contributed by atoms with van der Waals surface area (Å²) >= 11 is 0. The molecule has 0 amide bonds. The third-order valence-corrected chi connectivity index (χ3v) is 3.55. The topological polar surface area (TPSA) is 29.9 Å². The van der Waals surface area contributed by atoms with Gasteiger partial charge in [0.1, 0.15) is 0 Å². The zero-order valence-electron chi connectivity index (χ0n) is 11.4. The van der Waals surface area contributed by atoms with E-state index in [4.69, 9.17) is 0 Å². The van der Waals surface area contributed by atoms with E-state index < -0.39 is 0 Å². The van der Waals surface area contributed by atoms with Crippen LogP contribution < -0.4 is 5.32 Å². The van der Waals surface area contributed by atoms with Gasteiger partial charge in [0.2, 0.25) is 0 Å². The molecule has 1 aromatic heterocycles. The summed E-state index contributed by atoms with van der Waals surface area (Å²) in [5.41, 5.74) is 2.63. The van der Waals surface area contributed by atoms with E-state index in [-0.39, 0.29) is 0 Å². The van der Waals surface area contributed by atoms with Crippen LogP contribution in [0.3, 0.4) is 0 Å². The molecule has 3 heteroatoms. The Morgan fingerprint density at radius 2 is 2.18 bits per heavy atom. The van der Waals surface area contributed by atoms with Gasteiger partial charge in [0, 0.05) is 6.54 Å². The fraction of sp³-hybridized carbons (Fsp3) is 0.786. The summed E-state index contributed by atoms with van der Waals surface area (Å²) in [6, 6.07) is 2.83. The molecule has 2 rings (SSSR count). The Bertz CT molecular complexity index is 352. The highest BCUT2D eigenvalue weighted by molar-refractivity contribution is 5.17. The molecule has 1 saturated carbocycles. The number of aryl methyl sites for hydroxylation is 2. The van der Waals surface area contributed by atoms with Crippen LogP contribution in [-0.2, 0) is 13.0 Å². The van der Waals surface area contributed by atoms with Gasteiger partial charge in [-0.25, -0.2) is 0 Å². The molecule has 0 aromatic carbocycles. The highest BCUT2D eigenvalue weighted by atomic mass is 15.3. The van der Waals surface area contributed by atoms with Crippen LogP contribution in [-0.4, -0.2) is 16.3 Å². The molecular weight excluding hydrogens is 210 g/mol. The maximum atomic E-state index is 4.66. The minimum atomic E-state index is 0.530. The Balaban J connectivity index is 2.18. The van der Waals surface area contributed by atoms with E-state index >= 15 is 0 Å². The third-order valence-electron chi connectivity index (χ3n) is 3.55. The average molecular weight is 235 g/mol. The fourth-order valence-electron chi connectivity index (χ4n) is 2.41. The summed E-state index contributed by atoms with van der Waals surface area (Å²) < 4.78 is 2.18. The van der Waals surface area contributed by atoms with E-state index in [2.05, 4.69) is 41.9 Å². The second kappa shape index (κ2) is 5.67. The maximum absolute atomic E-state index is 4.66. The van der Waals surface area contributed by atoms with Crippen molar-refractivity contribution in [2.75, 3.05) is 6.54 Å². The first-order chi connectivity index (χ1) is 8.30. The van der Waals surface area contributed by atoms with Crippen molar-refractivity contribution in [1.82, 2.24) is 15.1 Å². The second-order valence-electron chi connectivity index (χ2n) is 5.00. The zero-order chi connectivity index (χ0) is 12.3. The van der Waals surface area contributed by atoms with Gasteiger partial charge in [0.15, 0.2) is 0 Å². The summed E-state index contributed by atoms with van der Waals surface area (Å²) in [4.78, 5) is 0. The van der Waals surface area contributed by atoms with Gasteiger partial charge in [0.25, 0.3) is 0 Å². The van der Waals surface area contributed by atoms with Gasteiger partial charge in [-0.05, 0) is 51.1 Å². The van der Waals surface area contributed by atoms with Crippen molar-refractivity contribution in [2.45, 2.75) is 59.0 Å². The SMILES string of the molecule is CCCNC(c1cc(CC)nn1CC)C1CC1. The number of nitrogens with one attached hydrogen (secondary N) is 1. The average Bonchev–Trinajstić information content (AvgIpc) is 3.09. The van der Waals surface area contributed by atoms with Crippen LogP contribution in [0.15, 0.2) is 6.07 Å². The first-order valence-corrected chi connectivity index (χ1v) is 7.10. The molecule has 1 aliphatic rings. The smallest absolute Gasteiger partial charge is 0.0625 e. The monoisotopic (exact) mass is 235 g/mol. The van der Waals surface area contributed by atoms with Gasteiger partial charge in [-0.1, -0.05) is 13.8 Å².